The number of nitrogens with zero attached hydrogens (tertiary/aromatic N) is 2. The number of hydrogen-bond donors (Lipinski definition) is 3. The van der Waals surface area contributed by atoms with E-state index in [1.807, 2.05) is 39.8 Å². The van der Waals surface area contributed by atoms with Crippen molar-refractivity contribution in [1.82, 2.24) is 25.2 Å². The van der Waals surface area contributed by atoms with Gasteiger partial charge in [0.2, 0.25) is 27.7 Å². The van der Waals surface area contributed by atoms with Crippen LogP contribution < -0.4 is 20.1 Å². The third-order valence-electron chi connectivity index (χ3n) is 10.2. The first-order valence-electron chi connectivity index (χ1n) is 17.4. The minimum atomic E-state index is -3.84. The second-order valence-electron chi connectivity index (χ2n) is 15.0. The number of hydrogen-bond acceptors (Lipinski definition) is 9. The van der Waals surface area contributed by atoms with Crippen molar-refractivity contribution < 1.29 is 37.1 Å². The van der Waals surface area contributed by atoms with Crippen molar-refractivity contribution in [3.8, 4) is 5.88 Å². The van der Waals surface area contributed by atoms with Gasteiger partial charge in [0.25, 0.3) is 5.91 Å². The number of carbonyl (C=O) groups excluding carboxylic acids is 4. The van der Waals surface area contributed by atoms with Crippen LogP contribution in [0, 0.1) is 11.3 Å². The number of aryl methyl sites for hydroxylation is 1. The molecule has 13 nitrogen and oxygen atoms in total. The number of nitrogens with one attached hydrogen (secondary N) is 3. The molecule has 0 unspecified atom stereocenters. The fourth-order valence-corrected chi connectivity index (χ4v) is 8.38. The van der Waals surface area contributed by atoms with E-state index in [1.165, 1.54) is 4.90 Å². The number of pyridine rings is 1. The number of fused-ring (bicyclic) bond motifs is 3. The van der Waals surface area contributed by atoms with Gasteiger partial charge in [-0.1, -0.05) is 46.2 Å². The van der Waals surface area contributed by atoms with E-state index in [1.54, 1.807) is 6.20 Å². The first-order chi connectivity index (χ1) is 23.2. The Morgan fingerprint density at radius 3 is 2.59 bits per heavy atom. The summed E-state index contributed by atoms with van der Waals surface area (Å²) >= 11 is 0. The molecule has 2 aliphatic heterocycles. The minimum Gasteiger partial charge on any atom is -0.472 e. The Hall–Kier alpha value is -3.94. The number of aromatic nitrogens is 1. The lowest BCUT2D eigenvalue weighted by Gasteiger charge is -2.35. The van der Waals surface area contributed by atoms with Gasteiger partial charge in [0.05, 0.1) is 18.4 Å². The first kappa shape index (κ1) is 34.9. The lowest BCUT2D eigenvalue weighted by Crippen LogP contribution is -2.60. The Bertz CT molecular complexity index is 1740. The third kappa shape index (κ3) is 7.48. The number of rotatable bonds is 6. The van der Waals surface area contributed by atoms with E-state index < -0.39 is 68.2 Å². The van der Waals surface area contributed by atoms with E-state index in [2.05, 4.69) is 32.5 Å². The Kier molecular flexibility index (Phi) is 9.55. The average Bonchev–Trinajstić information content (AvgIpc) is 3.97. The molecule has 2 saturated carbocycles. The van der Waals surface area contributed by atoms with E-state index in [-0.39, 0.29) is 31.9 Å². The number of sulfonamides is 1. The molecule has 266 valence electrons. The van der Waals surface area contributed by atoms with Crippen LogP contribution in [0.15, 0.2) is 30.5 Å². The molecule has 1 saturated heterocycles. The van der Waals surface area contributed by atoms with Crippen molar-refractivity contribution in [2.45, 2.75) is 114 Å². The second kappa shape index (κ2) is 13.4. The van der Waals surface area contributed by atoms with Crippen LogP contribution in [0.2, 0.25) is 0 Å². The molecule has 2 aliphatic carbocycles. The van der Waals surface area contributed by atoms with Gasteiger partial charge in [-0.15, -0.1) is 0 Å². The summed E-state index contributed by atoms with van der Waals surface area (Å²) < 4.78 is 39.5. The summed E-state index contributed by atoms with van der Waals surface area (Å²) in [5.41, 5.74) is -1.06. The predicted molar refractivity (Wildman–Crippen MR) is 181 cm³/mol. The molecule has 4 amide bonds. The minimum absolute atomic E-state index is 0.0183. The van der Waals surface area contributed by atoms with Crippen LogP contribution in [-0.2, 0) is 35.6 Å². The maximum Gasteiger partial charge on any atom is 0.407 e. The third-order valence-corrected chi connectivity index (χ3v) is 12.0. The fraction of sp³-hybridized carbons (Fsp3) is 0.629. The van der Waals surface area contributed by atoms with E-state index >= 15 is 0 Å². The van der Waals surface area contributed by atoms with Gasteiger partial charge in [0.15, 0.2) is 0 Å². The summed E-state index contributed by atoms with van der Waals surface area (Å²) in [5, 5.41) is 6.78. The number of cyclic esters (lactones) is 1. The Morgan fingerprint density at radius 2 is 1.90 bits per heavy atom. The van der Waals surface area contributed by atoms with Crippen molar-refractivity contribution in [2.24, 2.45) is 11.3 Å². The molecular formula is C35H47N5O8S. The zero-order valence-corrected chi connectivity index (χ0v) is 29.4. The quantitative estimate of drug-likeness (QED) is 0.409. The van der Waals surface area contributed by atoms with E-state index in [4.69, 9.17) is 9.47 Å². The topological polar surface area (TPSA) is 173 Å². The zero-order chi connectivity index (χ0) is 35.1. The lowest BCUT2D eigenvalue weighted by atomic mass is 9.85. The fourth-order valence-electron chi connectivity index (χ4n) is 7.01. The molecule has 49 heavy (non-hydrogen) atoms. The number of alkyl carbamates (subject to hydrolysis) is 1. The molecule has 6 rings (SSSR count). The van der Waals surface area contributed by atoms with Crippen LogP contribution in [0.3, 0.4) is 0 Å². The van der Waals surface area contributed by atoms with Gasteiger partial charge in [-0.3, -0.25) is 19.1 Å². The van der Waals surface area contributed by atoms with Crippen LogP contribution in [0.4, 0.5) is 4.79 Å². The second-order valence-corrected chi connectivity index (χ2v) is 16.9. The maximum atomic E-state index is 14.4. The number of benzene rings is 1. The maximum absolute atomic E-state index is 14.4. The van der Waals surface area contributed by atoms with Crippen molar-refractivity contribution in [3.63, 3.8) is 0 Å². The van der Waals surface area contributed by atoms with Crippen molar-refractivity contribution in [2.75, 3.05) is 13.2 Å². The lowest BCUT2D eigenvalue weighted by molar-refractivity contribution is -0.143. The summed E-state index contributed by atoms with van der Waals surface area (Å²) in [6.45, 7) is 7.53. The smallest absolute Gasteiger partial charge is 0.407 e. The van der Waals surface area contributed by atoms with Crippen LogP contribution in [0.5, 0.6) is 5.88 Å². The van der Waals surface area contributed by atoms with Gasteiger partial charge in [-0.05, 0) is 79.4 Å². The molecule has 3 fully saturated rings. The Morgan fingerprint density at radius 1 is 1.12 bits per heavy atom. The van der Waals surface area contributed by atoms with Crippen molar-refractivity contribution in [3.05, 3.63) is 36.0 Å². The molecule has 0 spiro atoms. The molecule has 4 aliphatic rings. The van der Waals surface area contributed by atoms with E-state index in [0.29, 0.717) is 31.6 Å². The van der Waals surface area contributed by atoms with Crippen molar-refractivity contribution >= 4 is 44.6 Å². The first-order valence-corrected chi connectivity index (χ1v) is 18.9. The van der Waals surface area contributed by atoms with E-state index in [9.17, 15) is 27.6 Å². The molecule has 2 aromatic rings. The Balaban J connectivity index is 1.32. The molecule has 3 N–H and O–H groups in total. The molecule has 5 atom stereocenters. The summed E-state index contributed by atoms with van der Waals surface area (Å²) in [6.07, 6.45) is 5.42. The number of amides is 4. The molecule has 1 aromatic carbocycles. The monoisotopic (exact) mass is 697 g/mol. The largest absolute Gasteiger partial charge is 0.472 e. The molecule has 1 aromatic heterocycles. The Labute approximate surface area is 287 Å². The summed E-state index contributed by atoms with van der Waals surface area (Å²) in [4.78, 5) is 60.9. The summed E-state index contributed by atoms with van der Waals surface area (Å²) in [5.74, 6) is -1.72. The highest BCUT2D eigenvalue weighted by Crippen LogP contribution is 2.47. The van der Waals surface area contributed by atoms with Gasteiger partial charge in [0, 0.05) is 18.0 Å². The highest BCUT2D eigenvalue weighted by Gasteiger charge is 2.62. The van der Waals surface area contributed by atoms with Gasteiger partial charge >= 0.3 is 6.09 Å². The van der Waals surface area contributed by atoms with Crippen molar-refractivity contribution in [1.29, 1.82) is 0 Å². The average molecular weight is 698 g/mol. The van der Waals surface area contributed by atoms with Crippen LogP contribution in [0.25, 0.3) is 10.8 Å². The van der Waals surface area contributed by atoms with Gasteiger partial charge in [0.1, 0.15) is 23.7 Å². The normalized spacial score (nSPS) is 28.1. The van der Waals surface area contributed by atoms with Gasteiger partial charge < -0.3 is 25.0 Å². The zero-order valence-electron chi connectivity index (χ0n) is 28.6. The predicted octanol–water partition coefficient (Wildman–Crippen LogP) is 3.34. The van der Waals surface area contributed by atoms with Gasteiger partial charge in [-0.2, -0.15) is 0 Å². The molecular weight excluding hydrogens is 650 g/mol. The highest BCUT2D eigenvalue weighted by atomic mass is 32.2. The summed E-state index contributed by atoms with van der Waals surface area (Å²) in [7, 11) is -3.84. The number of ether oxygens (including phenoxy) is 2. The molecule has 4 bridgehead atoms. The van der Waals surface area contributed by atoms with Crippen LogP contribution in [0.1, 0.15) is 84.6 Å². The standard InChI is InChI=1S/C35H47N5O8S/c1-5-23-19-35(23,32(43)39-49(45,46)25-12-13-25)38-29(41)27-18-24-20-40(27)31(42)28(34(2,3)4)37-33(44)47-16-8-6-7-9-21-10-11-22-14-15-36-30(48-24)26(22)17-21/h10-11,14-15,17,23-25,27-28H,5-9,12-13,16,18-20H2,1-4H3,(H,37,44)(H,38,41)(H,39,43)/t23-,24-,27+,28-,35-/m1/s1. The van der Waals surface area contributed by atoms with E-state index in [0.717, 1.165) is 35.6 Å². The molecule has 3 heterocycles. The van der Waals surface area contributed by atoms with Crippen LogP contribution in [-0.4, -0.2) is 84.2 Å². The summed E-state index contributed by atoms with van der Waals surface area (Å²) in [6, 6.07) is 5.93. The van der Waals surface area contributed by atoms with Gasteiger partial charge in [-0.25, -0.2) is 18.2 Å². The molecule has 14 heteroatoms. The SMILES string of the molecule is CC[C@@H]1C[C@]1(NC(=O)[C@@H]1C[C@@H]2CN1C(=O)[C@H](C(C)(C)C)NC(=O)OCCCCCc1ccc3ccnc(c3c1)O2)C(=O)NS(=O)(=O)C1CC1. The number of carbonyl (C=O) groups is 4. The molecule has 0 radical (unpaired) electrons. The highest BCUT2D eigenvalue weighted by molar-refractivity contribution is 7.91. The van der Waals surface area contributed by atoms with Crippen LogP contribution >= 0.6 is 0 Å².